The fourth-order valence-electron chi connectivity index (χ4n) is 2.73. The van der Waals surface area contributed by atoms with Gasteiger partial charge in [-0.3, -0.25) is 4.79 Å². The first kappa shape index (κ1) is 16.2. The molecule has 0 bridgehead atoms. The molecule has 1 unspecified atom stereocenters. The van der Waals surface area contributed by atoms with E-state index >= 15 is 0 Å². The second kappa shape index (κ2) is 7.29. The monoisotopic (exact) mass is 337 g/mol. The van der Waals surface area contributed by atoms with Crippen LogP contribution >= 0.6 is 0 Å². The van der Waals surface area contributed by atoms with Crippen LogP contribution in [0.25, 0.3) is 0 Å². The SMILES string of the molecule is O=C(NCc1ccco1)C1CCCN1c1ccc(OC(F)F)cn1. The van der Waals surface area contributed by atoms with Crippen molar-refractivity contribution < 1.29 is 22.7 Å². The predicted molar refractivity (Wildman–Crippen MR) is 81.8 cm³/mol. The number of ether oxygens (including phenoxy) is 1. The van der Waals surface area contributed by atoms with Gasteiger partial charge in [0.25, 0.3) is 0 Å². The second-order valence-electron chi connectivity index (χ2n) is 5.38. The van der Waals surface area contributed by atoms with E-state index in [0.29, 0.717) is 31.1 Å². The lowest BCUT2D eigenvalue weighted by Crippen LogP contribution is -2.43. The van der Waals surface area contributed by atoms with Crippen molar-refractivity contribution in [1.29, 1.82) is 0 Å². The van der Waals surface area contributed by atoms with E-state index in [1.807, 2.05) is 4.90 Å². The Morgan fingerprint density at radius 1 is 1.46 bits per heavy atom. The van der Waals surface area contributed by atoms with Crippen molar-refractivity contribution >= 4 is 11.7 Å². The van der Waals surface area contributed by atoms with Gasteiger partial charge in [0.15, 0.2) is 0 Å². The highest BCUT2D eigenvalue weighted by Crippen LogP contribution is 2.25. The quantitative estimate of drug-likeness (QED) is 0.877. The lowest BCUT2D eigenvalue weighted by molar-refractivity contribution is -0.122. The average Bonchev–Trinajstić information content (AvgIpc) is 3.24. The maximum atomic E-state index is 12.4. The van der Waals surface area contributed by atoms with E-state index in [4.69, 9.17) is 4.42 Å². The van der Waals surface area contributed by atoms with E-state index in [9.17, 15) is 13.6 Å². The molecule has 0 aliphatic carbocycles. The summed E-state index contributed by atoms with van der Waals surface area (Å²) in [5, 5.41) is 2.84. The summed E-state index contributed by atoms with van der Waals surface area (Å²) in [5.41, 5.74) is 0. The third-order valence-corrected chi connectivity index (χ3v) is 3.81. The van der Waals surface area contributed by atoms with Gasteiger partial charge in [-0.05, 0) is 37.1 Å². The van der Waals surface area contributed by atoms with Gasteiger partial charge in [0.2, 0.25) is 5.91 Å². The van der Waals surface area contributed by atoms with Crippen molar-refractivity contribution in [3.05, 3.63) is 42.5 Å². The molecule has 2 aromatic heterocycles. The Labute approximate surface area is 137 Å². The summed E-state index contributed by atoms with van der Waals surface area (Å²) in [4.78, 5) is 18.4. The van der Waals surface area contributed by atoms with Gasteiger partial charge in [-0.25, -0.2) is 4.98 Å². The summed E-state index contributed by atoms with van der Waals surface area (Å²) < 4.78 is 33.8. The van der Waals surface area contributed by atoms with Gasteiger partial charge >= 0.3 is 6.61 Å². The zero-order valence-electron chi connectivity index (χ0n) is 12.8. The highest BCUT2D eigenvalue weighted by molar-refractivity contribution is 5.85. The number of aromatic nitrogens is 1. The van der Waals surface area contributed by atoms with Crippen LogP contribution < -0.4 is 15.0 Å². The summed E-state index contributed by atoms with van der Waals surface area (Å²) in [5.74, 6) is 1.12. The number of furan rings is 1. The van der Waals surface area contributed by atoms with Crippen molar-refractivity contribution in [1.82, 2.24) is 10.3 Å². The van der Waals surface area contributed by atoms with Crippen LogP contribution in [0.4, 0.5) is 14.6 Å². The van der Waals surface area contributed by atoms with E-state index < -0.39 is 6.61 Å². The first-order valence-corrected chi connectivity index (χ1v) is 7.61. The lowest BCUT2D eigenvalue weighted by atomic mass is 10.2. The van der Waals surface area contributed by atoms with Gasteiger partial charge in [-0.2, -0.15) is 8.78 Å². The smallest absolute Gasteiger partial charge is 0.387 e. The summed E-state index contributed by atoms with van der Waals surface area (Å²) in [7, 11) is 0. The van der Waals surface area contributed by atoms with Gasteiger partial charge in [0.05, 0.1) is 19.0 Å². The highest BCUT2D eigenvalue weighted by Gasteiger charge is 2.31. The van der Waals surface area contributed by atoms with Crippen LogP contribution in [0.2, 0.25) is 0 Å². The Bertz CT molecular complexity index is 662. The van der Waals surface area contributed by atoms with E-state index in [1.165, 1.54) is 12.3 Å². The maximum absolute atomic E-state index is 12.4. The summed E-state index contributed by atoms with van der Waals surface area (Å²) >= 11 is 0. The Hall–Kier alpha value is -2.64. The third-order valence-electron chi connectivity index (χ3n) is 3.81. The highest BCUT2D eigenvalue weighted by atomic mass is 19.3. The molecule has 3 rings (SSSR count). The van der Waals surface area contributed by atoms with Crippen LogP contribution in [-0.4, -0.2) is 30.1 Å². The first-order chi connectivity index (χ1) is 11.6. The molecule has 0 aromatic carbocycles. The summed E-state index contributed by atoms with van der Waals surface area (Å²) in [6.07, 6.45) is 4.35. The van der Waals surface area contributed by atoms with Gasteiger partial charge in [-0.1, -0.05) is 0 Å². The van der Waals surface area contributed by atoms with Crippen molar-refractivity contribution in [2.24, 2.45) is 0 Å². The Morgan fingerprint density at radius 2 is 2.33 bits per heavy atom. The molecule has 3 heterocycles. The van der Waals surface area contributed by atoms with E-state index in [1.54, 1.807) is 24.5 Å². The minimum atomic E-state index is -2.88. The van der Waals surface area contributed by atoms with Crippen LogP contribution in [0.1, 0.15) is 18.6 Å². The van der Waals surface area contributed by atoms with Crippen molar-refractivity contribution in [3.63, 3.8) is 0 Å². The van der Waals surface area contributed by atoms with Crippen molar-refractivity contribution in [2.75, 3.05) is 11.4 Å². The molecular formula is C16H17F2N3O3. The number of rotatable bonds is 6. The van der Waals surface area contributed by atoms with Crippen molar-refractivity contribution in [2.45, 2.75) is 32.0 Å². The topological polar surface area (TPSA) is 67.6 Å². The molecule has 6 nitrogen and oxygen atoms in total. The molecule has 0 radical (unpaired) electrons. The second-order valence-corrected chi connectivity index (χ2v) is 5.38. The molecule has 1 aliphatic rings. The number of nitrogens with zero attached hydrogens (tertiary/aromatic N) is 2. The molecular weight excluding hydrogens is 320 g/mol. The van der Waals surface area contributed by atoms with Crippen LogP contribution in [0.3, 0.4) is 0 Å². The van der Waals surface area contributed by atoms with Gasteiger partial charge < -0.3 is 19.4 Å². The number of carbonyl (C=O) groups excluding carboxylic acids is 1. The molecule has 2 aromatic rings. The number of anilines is 1. The molecule has 0 saturated carbocycles. The Morgan fingerprint density at radius 3 is 3.00 bits per heavy atom. The lowest BCUT2D eigenvalue weighted by Gasteiger charge is -2.24. The standard InChI is InChI=1S/C16H17F2N3O3/c17-16(18)24-12-5-6-14(19-10-12)21-7-1-4-13(21)15(22)20-9-11-3-2-8-23-11/h2-3,5-6,8,10,13,16H,1,4,7,9H2,(H,20,22). The Balaban J connectivity index is 1.62. The molecule has 1 saturated heterocycles. The number of alkyl halides is 2. The first-order valence-electron chi connectivity index (χ1n) is 7.61. The van der Waals surface area contributed by atoms with E-state index in [2.05, 4.69) is 15.0 Å². The average molecular weight is 337 g/mol. The normalized spacial score (nSPS) is 17.3. The fraction of sp³-hybridized carbons (Fsp3) is 0.375. The molecule has 1 atom stereocenters. The summed E-state index contributed by atoms with van der Waals surface area (Å²) in [6, 6.07) is 6.21. The number of hydrogen-bond donors (Lipinski definition) is 1. The zero-order valence-corrected chi connectivity index (χ0v) is 12.8. The zero-order chi connectivity index (χ0) is 16.9. The molecule has 1 N–H and O–H groups in total. The number of nitrogens with one attached hydrogen (secondary N) is 1. The van der Waals surface area contributed by atoms with Crippen LogP contribution in [-0.2, 0) is 11.3 Å². The third kappa shape index (κ3) is 3.81. The van der Waals surface area contributed by atoms with Gasteiger partial charge in [0.1, 0.15) is 23.4 Å². The van der Waals surface area contributed by atoms with E-state index in [0.717, 1.165) is 6.42 Å². The molecule has 24 heavy (non-hydrogen) atoms. The van der Waals surface area contributed by atoms with Crippen LogP contribution in [0.5, 0.6) is 5.75 Å². The minimum Gasteiger partial charge on any atom is -0.467 e. The van der Waals surface area contributed by atoms with Gasteiger partial charge in [0, 0.05) is 6.54 Å². The molecule has 0 spiro atoms. The number of hydrogen-bond acceptors (Lipinski definition) is 5. The minimum absolute atomic E-state index is 0.00762. The number of amides is 1. The number of pyridine rings is 1. The number of halogens is 2. The van der Waals surface area contributed by atoms with Gasteiger partial charge in [-0.15, -0.1) is 0 Å². The van der Waals surface area contributed by atoms with Crippen LogP contribution in [0, 0.1) is 0 Å². The molecule has 128 valence electrons. The largest absolute Gasteiger partial charge is 0.467 e. The van der Waals surface area contributed by atoms with E-state index in [-0.39, 0.29) is 17.7 Å². The molecule has 1 fully saturated rings. The maximum Gasteiger partial charge on any atom is 0.387 e. The number of carbonyl (C=O) groups is 1. The molecule has 1 amide bonds. The predicted octanol–water partition coefficient (Wildman–Crippen LogP) is 2.56. The fourth-order valence-corrected chi connectivity index (χ4v) is 2.73. The van der Waals surface area contributed by atoms with Crippen LogP contribution in [0.15, 0.2) is 41.1 Å². The molecule has 1 aliphatic heterocycles. The van der Waals surface area contributed by atoms with Crippen molar-refractivity contribution in [3.8, 4) is 5.75 Å². The summed E-state index contributed by atoms with van der Waals surface area (Å²) in [6.45, 7) is -1.88. The molecule has 8 heteroatoms. The Kier molecular flexibility index (Phi) is 4.93.